The van der Waals surface area contributed by atoms with Crippen LogP contribution in [0.15, 0.2) is 24.3 Å². The highest BCUT2D eigenvalue weighted by Gasteiger charge is 2.02. The molecule has 0 saturated carbocycles. The second kappa shape index (κ2) is 4.24. The molecule has 0 unspecified atom stereocenters. The summed E-state index contributed by atoms with van der Waals surface area (Å²) in [5, 5.41) is 1.90. The molecule has 0 spiro atoms. The predicted molar refractivity (Wildman–Crippen MR) is 62.3 cm³/mol. The van der Waals surface area contributed by atoms with E-state index in [2.05, 4.69) is 11.1 Å². The number of aromatic nitrogens is 1. The van der Waals surface area contributed by atoms with Crippen LogP contribution in [0.25, 0.3) is 10.9 Å². The van der Waals surface area contributed by atoms with E-state index in [0.29, 0.717) is 5.88 Å². The molecule has 1 aromatic carbocycles. The maximum absolute atomic E-state index is 6.06. The topological polar surface area (TPSA) is 15.8 Å². The van der Waals surface area contributed by atoms with E-state index in [1.165, 1.54) is 5.69 Å². The third kappa shape index (κ3) is 1.89. The highest BCUT2D eigenvalue weighted by atomic mass is 35.5. The molecule has 1 aromatic heterocycles. The van der Waals surface area contributed by atoms with Gasteiger partial charge in [0.2, 0.25) is 0 Å². The summed E-state index contributed by atoms with van der Waals surface area (Å²) in [4.78, 5) is 3.33. The molecule has 74 valence electrons. The molecule has 0 bridgehead atoms. The first-order valence-electron chi connectivity index (χ1n) is 4.63. The van der Waals surface area contributed by atoms with Crippen molar-refractivity contribution in [3.8, 4) is 0 Å². The van der Waals surface area contributed by atoms with Crippen LogP contribution in [0.1, 0.15) is 12.1 Å². The van der Waals surface area contributed by atoms with E-state index in [1.807, 2.05) is 18.2 Å². The number of alkyl halides is 1. The molecular weight excluding hydrogens is 217 g/mol. The molecule has 1 N–H and O–H groups in total. The largest absolute Gasteiger partial charge is 0.358 e. The number of aromatic amines is 1. The number of halogens is 2. The van der Waals surface area contributed by atoms with Crippen LogP contribution in [0, 0.1) is 0 Å². The van der Waals surface area contributed by atoms with Gasteiger partial charge in [-0.2, -0.15) is 0 Å². The summed E-state index contributed by atoms with van der Waals surface area (Å²) in [6, 6.07) is 7.99. The van der Waals surface area contributed by atoms with E-state index in [9.17, 15) is 0 Å². The van der Waals surface area contributed by atoms with Crippen molar-refractivity contribution < 1.29 is 0 Å². The third-order valence-electron chi connectivity index (χ3n) is 2.25. The number of rotatable bonds is 3. The van der Waals surface area contributed by atoms with Gasteiger partial charge < -0.3 is 4.98 Å². The molecule has 1 nitrogen and oxygen atoms in total. The highest BCUT2D eigenvalue weighted by molar-refractivity contribution is 6.35. The van der Waals surface area contributed by atoms with Crippen LogP contribution >= 0.6 is 23.2 Å². The molecule has 0 fully saturated rings. The van der Waals surface area contributed by atoms with E-state index in [1.54, 1.807) is 0 Å². The maximum Gasteiger partial charge on any atom is 0.0499 e. The van der Waals surface area contributed by atoms with Gasteiger partial charge in [0.15, 0.2) is 0 Å². The lowest BCUT2D eigenvalue weighted by Crippen LogP contribution is -1.84. The first kappa shape index (κ1) is 9.88. The van der Waals surface area contributed by atoms with E-state index < -0.39 is 0 Å². The minimum atomic E-state index is 0.698. The molecule has 0 aliphatic rings. The number of hydrogen-bond acceptors (Lipinski definition) is 0. The zero-order valence-corrected chi connectivity index (χ0v) is 9.20. The lowest BCUT2D eigenvalue weighted by Gasteiger charge is -1.91. The second-order valence-corrected chi connectivity index (χ2v) is 4.07. The summed E-state index contributed by atoms with van der Waals surface area (Å²) in [6.45, 7) is 0. The van der Waals surface area contributed by atoms with E-state index in [4.69, 9.17) is 23.2 Å². The number of fused-ring (bicyclic) bond motifs is 1. The van der Waals surface area contributed by atoms with Crippen molar-refractivity contribution in [1.82, 2.24) is 4.98 Å². The Kier molecular flexibility index (Phi) is 2.99. The fraction of sp³-hybridized carbons (Fsp3) is 0.273. The monoisotopic (exact) mass is 227 g/mol. The first-order chi connectivity index (χ1) is 6.81. The average Bonchev–Trinajstić information content (AvgIpc) is 2.59. The van der Waals surface area contributed by atoms with Gasteiger partial charge in [-0.1, -0.05) is 17.7 Å². The smallest absolute Gasteiger partial charge is 0.0499 e. The molecule has 0 radical (unpaired) electrons. The minimum Gasteiger partial charge on any atom is -0.358 e. The Bertz CT molecular complexity index is 434. The van der Waals surface area contributed by atoms with Crippen LogP contribution in [0.4, 0.5) is 0 Å². The van der Waals surface area contributed by atoms with E-state index in [-0.39, 0.29) is 0 Å². The molecule has 1 heterocycles. The van der Waals surface area contributed by atoms with Crippen molar-refractivity contribution >= 4 is 34.1 Å². The van der Waals surface area contributed by atoms with Gasteiger partial charge in [-0.05, 0) is 31.0 Å². The third-order valence-corrected chi connectivity index (χ3v) is 2.84. The SMILES string of the molecule is ClCCCc1cc2c(Cl)cccc2[nH]1. The van der Waals surface area contributed by atoms with Gasteiger partial charge >= 0.3 is 0 Å². The molecule has 0 saturated heterocycles. The zero-order chi connectivity index (χ0) is 9.97. The molecule has 14 heavy (non-hydrogen) atoms. The van der Waals surface area contributed by atoms with Gasteiger partial charge in [0.05, 0.1) is 0 Å². The van der Waals surface area contributed by atoms with Crippen LogP contribution in [0.5, 0.6) is 0 Å². The summed E-state index contributed by atoms with van der Waals surface area (Å²) in [5.74, 6) is 0.698. The summed E-state index contributed by atoms with van der Waals surface area (Å²) >= 11 is 11.7. The number of aryl methyl sites for hydroxylation is 1. The Morgan fingerprint density at radius 3 is 2.86 bits per heavy atom. The van der Waals surface area contributed by atoms with Crippen molar-refractivity contribution in [3.05, 3.63) is 35.0 Å². The Morgan fingerprint density at radius 2 is 2.14 bits per heavy atom. The molecule has 0 aliphatic heterocycles. The van der Waals surface area contributed by atoms with E-state index >= 15 is 0 Å². The predicted octanol–water partition coefficient (Wildman–Crippen LogP) is 3.99. The first-order valence-corrected chi connectivity index (χ1v) is 5.54. The van der Waals surface area contributed by atoms with Gasteiger partial charge in [0.1, 0.15) is 0 Å². The van der Waals surface area contributed by atoms with Crippen LogP contribution < -0.4 is 0 Å². The summed E-state index contributed by atoms with van der Waals surface area (Å²) in [6.07, 6.45) is 1.97. The number of nitrogens with one attached hydrogen (secondary N) is 1. The van der Waals surface area contributed by atoms with Gasteiger partial charge in [-0.25, -0.2) is 0 Å². The van der Waals surface area contributed by atoms with Gasteiger partial charge in [0.25, 0.3) is 0 Å². The quantitative estimate of drug-likeness (QED) is 0.764. The lowest BCUT2D eigenvalue weighted by molar-refractivity contribution is 0.902. The van der Waals surface area contributed by atoms with Crippen LogP contribution in [0.3, 0.4) is 0 Å². The Hall–Kier alpha value is -0.660. The zero-order valence-electron chi connectivity index (χ0n) is 7.69. The molecule has 0 atom stereocenters. The fourth-order valence-corrected chi connectivity index (χ4v) is 1.93. The molecule has 3 heteroatoms. The minimum absolute atomic E-state index is 0.698. The highest BCUT2D eigenvalue weighted by Crippen LogP contribution is 2.24. The Labute approximate surface area is 93.0 Å². The standard InChI is InChI=1S/C11H11Cl2N/c12-6-2-3-8-7-9-10(13)4-1-5-11(9)14-8/h1,4-5,7,14H,2-3,6H2. The molecular formula is C11H11Cl2N. The Morgan fingerprint density at radius 1 is 1.29 bits per heavy atom. The van der Waals surface area contributed by atoms with E-state index in [0.717, 1.165) is 28.8 Å². The van der Waals surface area contributed by atoms with Crippen molar-refractivity contribution in [1.29, 1.82) is 0 Å². The summed E-state index contributed by atoms with van der Waals surface area (Å²) < 4.78 is 0. The number of hydrogen-bond donors (Lipinski definition) is 1. The van der Waals surface area contributed by atoms with Crippen molar-refractivity contribution in [3.63, 3.8) is 0 Å². The average molecular weight is 228 g/mol. The van der Waals surface area contributed by atoms with Crippen LogP contribution in [0.2, 0.25) is 5.02 Å². The molecule has 0 aliphatic carbocycles. The van der Waals surface area contributed by atoms with Gasteiger partial charge in [0, 0.05) is 27.5 Å². The number of benzene rings is 1. The number of H-pyrrole nitrogens is 1. The lowest BCUT2D eigenvalue weighted by atomic mass is 10.2. The molecule has 2 aromatic rings. The van der Waals surface area contributed by atoms with Crippen molar-refractivity contribution in [2.75, 3.05) is 5.88 Å². The van der Waals surface area contributed by atoms with Gasteiger partial charge in [-0.15, -0.1) is 11.6 Å². The van der Waals surface area contributed by atoms with Crippen molar-refractivity contribution in [2.24, 2.45) is 0 Å². The van der Waals surface area contributed by atoms with Crippen LogP contribution in [-0.4, -0.2) is 10.9 Å². The molecule has 0 amide bonds. The van der Waals surface area contributed by atoms with Crippen molar-refractivity contribution in [2.45, 2.75) is 12.8 Å². The normalized spacial score (nSPS) is 11.0. The Balaban J connectivity index is 2.36. The summed E-state index contributed by atoms with van der Waals surface area (Å²) in [5.41, 5.74) is 2.30. The maximum atomic E-state index is 6.06. The second-order valence-electron chi connectivity index (χ2n) is 3.29. The van der Waals surface area contributed by atoms with Crippen LogP contribution in [-0.2, 0) is 6.42 Å². The molecule has 2 rings (SSSR count). The van der Waals surface area contributed by atoms with Gasteiger partial charge in [-0.3, -0.25) is 0 Å². The summed E-state index contributed by atoms with van der Waals surface area (Å²) in [7, 11) is 0. The fourth-order valence-electron chi connectivity index (χ4n) is 1.57.